The van der Waals surface area contributed by atoms with E-state index in [0.29, 0.717) is 12.2 Å². The minimum atomic E-state index is -0.268. The monoisotopic (exact) mass is 348 g/mol. The summed E-state index contributed by atoms with van der Waals surface area (Å²) in [7, 11) is 0. The van der Waals surface area contributed by atoms with Gasteiger partial charge in [-0.15, -0.1) is 0 Å². The Morgan fingerprint density at radius 1 is 1.44 bits per heavy atom. The number of hydrogen-bond donors (Lipinski definition) is 0. The van der Waals surface area contributed by atoms with Gasteiger partial charge in [-0.05, 0) is 47.3 Å². The van der Waals surface area contributed by atoms with Gasteiger partial charge in [0.1, 0.15) is 0 Å². The second-order valence-corrected chi connectivity index (χ2v) is 4.88. The number of carbonyl (C=O) groups is 1. The van der Waals surface area contributed by atoms with E-state index in [0.717, 1.165) is 28.2 Å². The lowest BCUT2D eigenvalue weighted by Gasteiger charge is -2.08. The van der Waals surface area contributed by atoms with Gasteiger partial charge in [0.25, 0.3) is 0 Å². The van der Waals surface area contributed by atoms with Gasteiger partial charge >= 0.3 is 5.97 Å². The number of alkyl halides is 1. The Hall–Kier alpha value is -0.350. The molecule has 1 aromatic carbocycles. The third kappa shape index (κ3) is 3.59. The van der Waals surface area contributed by atoms with Crippen LogP contribution in [-0.4, -0.2) is 17.9 Å². The molecule has 4 heteroatoms. The average Bonchev–Trinajstić information content (AvgIpc) is 2.28. The summed E-state index contributed by atoms with van der Waals surface area (Å²) < 4.78 is 5.85. The van der Waals surface area contributed by atoms with Crippen molar-refractivity contribution in [2.45, 2.75) is 19.8 Å². The molecule has 0 fully saturated rings. The highest BCUT2D eigenvalue weighted by molar-refractivity contribution is 9.10. The number of ether oxygens (including phenoxy) is 1. The summed E-state index contributed by atoms with van der Waals surface area (Å²) in [6.07, 6.45) is 1.99. The van der Waals surface area contributed by atoms with Crippen molar-refractivity contribution >= 4 is 37.8 Å². The van der Waals surface area contributed by atoms with Gasteiger partial charge in [-0.1, -0.05) is 28.1 Å². The summed E-state index contributed by atoms with van der Waals surface area (Å²) in [5, 5.41) is 0.961. The van der Waals surface area contributed by atoms with Gasteiger partial charge in [-0.25, -0.2) is 4.79 Å². The molecule has 0 amide bonds. The van der Waals surface area contributed by atoms with E-state index in [2.05, 4.69) is 31.9 Å². The number of benzene rings is 1. The molecule has 0 aromatic heterocycles. The zero-order valence-electron chi connectivity index (χ0n) is 9.13. The van der Waals surface area contributed by atoms with Crippen LogP contribution in [0.25, 0.3) is 0 Å². The van der Waals surface area contributed by atoms with Crippen LogP contribution < -0.4 is 0 Å². The van der Waals surface area contributed by atoms with Gasteiger partial charge < -0.3 is 4.74 Å². The Labute approximate surface area is 113 Å². The summed E-state index contributed by atoms with van der Waals surface area (Å²) in [6, 6.07) is 5.69. The molecular weight excluding hydrogens is 336 g/mol. The van der Waals surface area contributed by atoms with Crippen LogP contribution in [0, 0.1) is 0 Å². The Morgan fingerprint density at radius 3 is 2.81 bits per heavy atom. The molecule has 0 aliphatic carbocycles. The van der Waals surface area contributed by atoms with Crippen molar-refractivity contribution in [3.63, 3.8) is 0 Å². The van der Waals surface area contributed by atoms with Crippen molar-refractivity contribution in [2.24, 2.45) is 0 Å². The second kappa shape index (κ2) is 7.07. The number of hydrogen-bond acceptors (Lipinski definition) is 2. The van der Waals surface area contributed by atoms with E-state index in [4.69, 9.17) is 4.74 Å². The number of esters is 1. The normalized spacial score (nSPS) is 10.2. The molecule has 0 atom stereocenters. The summed E-state index contributed by atoms with van der Waals surface area (Å²) in [6.45, 7) is 2.21. The first-order valence-electron chi connectivity index (χ1n) is 5.21. The van der Waals surface area contributed by atoms with Gasteiger partial charge in [0, 0.05) is 9.80 Å². The number of halogens is 2. The molecule has 16 heavy (non-hydrogen) atoms. The number of carbonyl (C=O) groups excluding carboxylic acids is 1. The Kier molecular flexibility index (Phi) is 6.06. The lowest BCUT2D eigenvalue weighted by Crippen LogP contribution is -2.06. The predicted octanol–water partition coefficient (Wildman–Crippen LogP) is 3.95. The molecule has 0 heterocycles. The fourth-order valence-corrected chi connectivity index (χ4v) is 2.30. The molecule has 0 spiro atoms. The van der Waals surface area contributed by atoms with Crippen LogP contribution in [0.3, 0.4) is 0 Å². The summed E-state index contributed by atoms with van der Waals surface area (Å²) in [5.74, 6) is -0.268. The maximum atomic E-state index is 11.6. The van der Waals surface area contributed by atoms with Crippen molar-refractivity contribution in [3.05, 3.63) is 33.8 Å². The van der Waals surface area contributed by atoms with Crippen molar-refractivity contribution in [3.8, 4) is 0 Å². The zero-order chi connectivity index (χ0) is 12.0. The van der Waals surface area contributed by atoms with E-state index >= 15 is 0 Å². The highest BCUT2D eigenvalue weighted by Gasteiger charge is 2.13. The Balaban J connectivity index is 2.89. The van der Waals surface area contributed by atoms with Crippen LogP contribution >= 0.6 is 31.9 Å². The zero-order valence-corrected chi connectivity index (χ0v) is 12.3. The van der Waals surface area contributed by atoms with Gasteiger partial charge in [-0.2, -0.15) is 0 Å². The standard InChI is InChI=1S/C12H14Br2O2/c1-2-16-12(15)10-7-3-5-9(11(10)14)6-4-8-13/h3,5,7H,2,4,6,8H2,1H3. The molecule has 0 bridgehead atoms. The second-order valence-electron chi connectivity index (χ2n) is 3.29. The molecule has 0 radical (unpaired) electrons. The molecule has 0 aliphatic heterocycles. The summed E-state index contributed by atoms with van der Waals surface area (Å²) in [5.41, 5.74) is 1.75. The summed E-state index contributed by atoms with van der Waals surface area (Å²) >= 11 is 6.86. The van der Waals surface area contributed by atoms with E-state index in [-0.39, 0.29) is 5.97 Å². The molecule has 1 rings (SSSR count). The minimum absolute atomic E-state index is 0.268. The maximum Gasteiger partial charge on any atom is 0.339 e. The van der Waals surface area contributed by atoms with Crippen molar-refractivity contribution in [2.75, 3.05) is 11.9 Å². The lowest BCUT2D eigenvalue weighted by molar-refractivity contribution is 0.0525. The highest BCUT2D eigenvalue weighted by atomic mass is 79.9. The lowest BCUT2D eigenvalue weighted by atomic mass is 10.1. The van der Waals surface area contributed by atoms with Crippen molar-refractivity contribution in [1.29, 1.82) is 0 Å². The van der Waals surface area contributed by atoms with Crippen LogP contribution in [0.15, 0.2) is 22.7 Å². The summed E-state index contributed by atoms with van der Waals surface area (Å²) in [4.78, 5) is 11.6. The SMILES string of the molecule is CCOC(=O)c1cccc(CCCBr)c1Br. The average molecular weight is 350 g/mol. The molecular formula is C12H14Br2O2. The molecule has 0 aliphatic rings. The van der Waals surface area contributed by atoms with E-state index in [9.17, 15) is 4.79 Å². The Morgan fingerprint density at radius 2 is 2.19 bits per heavy atom. The van der Waals surface area contributed by atoms with Crippen molar-refractivity contribution in [1.82, 2.24) is 0 Å². The largest absolute Gasteiger partial charge is 0.462 e. The van der Waals surface area contributed by atoms with Gasteiger partial charge in [0.05, 0.1) is 12.2 Å². The third-order valence-corrected chi connectivity index (χ3v) is 3.65. The molecule has 0 saturated carbocycles. The number of aryl methyl sites for hydroxylation is 1. The Bertz CT molecular complexity index is 364. The van der Waals surface area contributed by atoms with Gasteiger partial charge in [0.15, 0.2) is 0 Å². The fraction of sp³-hybridized carbons (Fsp3) is 0.417. The van der Waals surface area contributed by atoms with Crippen LogP contribution in [0.5, 0.6) is 0 Å². The van der Waals surface area contributed by atoms with Crippen LogP contribution in [-0.2, 0) is 11.2 Å². The van der Waals surface area contributed by atoms with E-state index in [1.54, 1.807) is 13.0 Å². The molecule has 0 unspecified atom stereocenters. The quantitative estimate of drug-likeness (QED) is 0.594. The van der Waals surface area contributed by atoms with E-state index in [1.807, 2.05) is 12.1 Å². The fourth-order valence-electron chi connectivity index (χ4n) is 1.40. The van der Waals surface area contributed by atoms with E-state index < -0.39 is 0 Å². The minimum Gasteiger partial charge on any atom is -0.462 e. The smallest absolute Gasteiger partial charge is 0.339 e. The number of rotatable bonds is 5. The molecule has 0 saturated heterocycles. The predicted molar refractivity (Wildman–Crippen MR) is 72.2 cm³/mol. The molecule has 88 valence electrons. The first-order valence-corrected chi connectivity index (χ1v) is 7.12. The molecule has 0 N–H and O–H groups in total. The third-order valence-electron chi connectivity index (χ3n) is 2.15. The van der Waals surface area contributed by atoms with Crippen LogP contribution in [0.2, 0.25) is 0 Å². The highest BCUT2D eigenvalue weighted by Crippen LogP contribution is 2.24. The van der Waals surface area contributed by atoms with Crippen LogP contribution in [0.1, 0.15) is 29.3 Å². The topological polar surface area (TPSA) is 26.3 Å². The maximum absolute atomic E-state index is 11.6. The molecule has 1 aromatic rings. The van der Waals surface area contributed by atoms with Gasteiger partial charge in [0.2, 0.25) is 0 Å². The van der Waals surface area contributed by atoms with Crippen LogP contribution in [0.4, 0.5) is 0 Å². The first-order chi connectivity index (χ1) is 7.70. The first kappa shape index (κ1) is 13.7. The van der Waals surface area contributed by atoms with Gasteiger partial charge in [-0.3, -0.25) is 0 Å². The van der Waals surface area contributed by atoms with E-state index in [1.165, 1.54) is 0 Å². The molecule has 2 nitrogen and oxygen atoms in total. The van der Waals surface area contributed by atoms with Crippen molar-refractivity contribution < 1.29 is 9.53 Å².